The van der Waals surface area contributed by atoms with E-state index in [1.807, 2.05) is 11.8 Å². The molecule has 0 atom stereocenters. The van der Waals surface area contributed by atoms with Crippen molar-refractivity contribution in [3.8, 4) is 0 Å². The lowest BCUT2D eigenvalue weighted by atomic mass is 9.95. The van der Waals surface area contributed by atoms with Crippen molar-refractivity contribution in [1.82, 2.24) is 14.8 Å². The summed E-state index contributed by atoms with van der Waals surface area (Å²) >= 11 is 2.02. The maximum absolute atomic E-state index is 4.57. The van der Waals surface area contributed by atoms with Crippen molar-refractivity contribution in [3.63, 3.8) is 0 Å². The van der Waals surface area contributed by atoms with Crippen LogP contribution in [0.4, 0.5) is 5.95 Å². The normalized spacial score (nSPS) is 19.6. The van der Waals surface area contributed by atoms with E-state index in [1.54, 1.807) is 0 Å². The van der Waals surface area contributed by atoms with Gasteiger partial charge < -0.3 is 4.90 Å². The van der Waals surface area contributed by atoms with Gasteiger partial charge in [0.25, 0.3) is 0 Å². The Balaban J connectivity index is 0.00000144. The first-order chi connectivity index (χ1) is 10.3. The van der Waals surface area contributed by atoms with Gasteiger partial charge in [0.05, 0.1) is 5.41 Å². The summed E-state index contributed by atoms with van der Waals surface area (Å²) in [4.78, 5) is 2.37. The zero-order valence-electron chi connectivity index (χ0n) is 12.7. The van der Waals surface area contributed by atoms with Gasteiger partial charge in [-0.05, 0) is 18.4 Å². The second-order valence-electron chi connectivity index (χ2n) is 5.93. The highest BCUT2D eigenvalue weighted by atomic mass is 35.5. The van der Waals surface area contributed by atoms with Crippen LogP contribution in [0.15, 0.2) is 30.3 Å². The summed E-state index contributed by atoms with van der Waals surface area (Å²) in [7, 11) is 2.12. The Morgan fingerprint density at radius 3 is 2.36 bits per heavy atom. The van der Waals surface area contributed by atoms with Crippen molar-refractivity contribution in [2.75, 3.05) is 29.5 Å². The number of anilines is 1. The zero-order valence-corrected chi connectivity index (χ0v) is 14.4. The number of hydrogen-bond donors (Lipinski definition) is 0. The number of aromatic nitrogens is 3. The standard InChI is InChI=1S/C16H20N4S.ClH/c1-19-14(16(7-8-16)13-5-3-2-4-6-13)17-18-15(19)20-9-11-21-12-10-20;/h2-6H,7-12H2,1H3;1H. The van der Waals surface area contributed by atoms with Gasteiger partial charge in [-0.15, -0.1) is 22.6 Å². The zero-order chi connectivity index (χ0) is 14.3. The van der Waals surface area contributed by atoms with Crippen molar-refractivity contribution in [2.45, 2.75) is 18.3 Å². The van der Waals surface area contributed by atoms with Crippen LogP contribution in [-0.4, -0.2) is 39.4 Å². The first-order valence-electron chi connectivity index (χ1n) is 7.59. The molecule has 4 nitrogen and oxygen atoms in total. The molecular weight excluding hydrogens is 316 g/mol. The third-order valence-electron chi connectivity index (χ3n) is 4.65. The van der Waals surface area contributed by atoms with Gasteiger partial charge in [0.15, 0.2) is 0 Å². The fourth-order valence-electron chi connectivity index (χ4n) is 3.30. The van der Waals surface area contributed by atoms with Crippen LogP contribution < -0.4 is 4.90 Å². The van der Waals surface area contributed by atoms with Crippen LogP contribution in [0.25, 0.3) is 0 Å². The molecule has 6 heteroatoms. The van der Waals surface area contributed by atoms with Crippen LogP contribution in [0, 0.1) is 0 Å². The second kappa shape index (κ2) is 6.13. The predicted molar refractivity (Wildman–Crippen MR) is 94.2 cm³/mol. The third kappa shape index (κ3) is 2.50. The first kappa shape index (κ1) is 15.7. The van der Waals surface area contributed by atoms with Crippen LogP contribution in [-0.2, 0) is 12.5 Å². The summed E-state index contributed by atoms with van der Waals surface area (Å²) in [6, 6.07) is 10.8. The molecule has 0 N–H and O–H groups in total. The van der Waals surface area contributed by atoms with Crippen molar-refractivity contribution in [1.29, 1.82) is 0 Å². The first-order valence-corrected chi connectivity index (χ1v) is 8.75. The Morgan fingerprint density at radius 2 is 1.73 bits per heavy atom. The lowest BCUT2D eigenvalue weighted by Gasteiger charge is -2.27. The monoisotopic (exact) mass is 336 g/mol. The van der Waals surface area contributed by atoms with E-state index < -0.39 is 0 Å². The van der Waals surface area contributed by atoms with Crippen LogP contribution in [0.3, 0.4) is 0 Å². The van der Waals surface area contributed by atoms with Crippen molar-refractivity contribution < 1.29 is 0 Å². The Morgan fingerprint density at radius 1 is 1.05 bits per heavy atom. The van der Waals surface area contributed by atoms with Crippen LogP contribution in [0.1, 0.15) is 24.2 Å². The smallest absolute Gasteiger partial charge is 0.227 e. The Bertz CT molecular complexity index is 633. The molecule has 1 aromatic heterocycles. The van der Waals surface area contributed by atoms with Gasteiger partial charge in [-0.3, -0.25) is 4.57 Å². The Hall–Kier alpha value is -1.20. The van der Waals surface area contributed by atoms with Crippen LogP contribution in [0.5, 0.6) is 0 Å². The summed E-state index contributed by atoms with van der Waals surface area (Å²) in [6.45, 7) is 2.16. The van der Waals surface area contributed by atoms with E-state index in [-0.39, 0.29) is 17.8 Å². The fraction of sp³-hybridized carbons (Fsp3) is 0.500. The van der Waals surface area contributed by atoms with Crippen molar-refractivity contribution >= 4 is 30.1 Å². The molecule has 0 unspecified atom stereocenters. The average Bonchev–Trinajstić information content (AvgIpc) is 3.26. The molecule has 0 bridgehead atoms. The number of halogens is 1. The van der Waals surface area contributed by atoms with Crippen molar-refractivity contribution in [2.24, 2.45) is 7.05 Å². The van der Waals surface area contributed by atoms with Gasteiger partial charge in [0.2, 0.25) is 5.95 Å². The molecule has 1 aliphatic carbocycles. The van der Waals surface area contributed by atoms with E-state index in [0.717, 1.165) is 24.9 Å². The molecule has 1 aromatic carbocycles. The molecule has 0 radical (unpaired) electrons. The van der Waals surface area contributed by atoms with Gasteiger partial charge in [-0.1, -0.05) is 30.3 Å². The molecule has 2 fully saturated rings. The van der Waals surface area contributed by atoms with E-state index in [9.17, 15) is 0 Å². The van der Waals surface area contributed by atoms with Crippen molar-refractivity contribution in [3.05, 3.63) is 41.7 Å². The van der Waals surface area contributed by atoms with E-state index in [4.69, 9.17) is 0 Å². The molecule has 1 aliphatic heterocycles. The molecule has 2 heterocycles. The minimum Gasteiger partial charge on any atom is -0.339 e. The van der Waals surface area contributed by atoms with E-state index in [1.165, 1.54) is 29.9 Å². The highest BCUT2D eigenvalue weighted by Gasteiger charge is 2.50. The SMILES string of the molecule is Cl.Cn1c(N2CCSCC2)nnc1C1(c2ccccc2)CC1. The fourth-order valence-corrected chi connectivity index (χ4v) is 4.20. The van der Waals surface area contributed by atoms with Gasteiger partial charge in [0, 0.05) is 31.6 Å². The summed E-state index contributed by atoms with van der Waals surface area (Å²) in [6.07, 6.45) is 2.36. The summed E-state index contributed by atoms with van der Waals surface area (Å²) in [5.41, 5.74) is 1.48. The Kier molecular flexibility index (Phi) is 4.37. The molecule has 0 spiro atoms. The van der Waals surface area contributed by atoms with E-state index in [0.29, 0.717) is 0 Å². The topological polar surface area (TPSA) is 34.0 Å². The largest absolute Gasteiger partial charge is 0.339 e. The lowest BCUT2D eigenvalue weighted by Crippen LogP contribution is -2.34. The molecule has 4 rings (SSSR count). The van der Waals surface area contributed by atoms with Gasteiger partial charge in [0.1, 0.15) is 5.82 Å². The molecule has 1 saturated carbocycles. The van der Waals surface area contributed by atoms with Gasteiger partial charge >= 0.3 is 0 Å². The molecule has 2 aromatic rings. The summed E-state index contributed by atoms with van der Waals surface area (Å²) in [5, 5.41) is 9.07. The summed E-state index contributed by atoms with van der Waals surface area (Å²) in [5.74, 6) is 4.53. The highest BCUT2D eigenvalue weighted by molar-refractivity contribution is 7.99. The maximum Gasteiger partial charge on any atom is 0.227 e. The van der Waals surface area contributed by atoms with E-state index in [2.05, 4.69) is 57.0 Å². The quantitative estimate of drug-likeness (QED) is 0.863. The van der Waals surface area contributed by atoms with Crippen LogP contribution >= 0.6 is 24.2 Å². The van der Waals surface area contributed by atoms with Gasteiger partial charge in [-0.2, -0.15) is 11.8 Å². The molecule has 22 heavy (non-hydrogen) atoms. The van der Waals surface area contributed by atoms with Gasteiger partial charge in [-0.25, -0.2) is 0 Å². The number of thioether (sulfide) groups is 1. The third-order valence-corrected chi connectivity index (χ3v) is 5.59. The number of nitrogens with zero attached hydrogens (tertiary/aromatic N) is 4. The highest BCUT2D eigenvalue weighted by Crippen LogP contribution is 2.52. The number of hydrogen-bond acceptors (Lipinski definition) is 4. The number of rotatable bonds is 3. The molecular formula is C16H21ClN4S. The minimum atomic E-state index is 0. The average molecular weight is 337 g/mol. The molecule has 0 amide bonds. The van der Waals surface area contributed by atoms with E-state index >= 15 is 0 Å². The van der Waals surface area contributed by atoms with Crippen LogP contribution in [0.2, 0.25) is 0 Å². The minimum absolute atomic E-state index is 0. The number of benzene rings is 1. The molecule has 118 valence electrons. The Labute approximate surface area is 141 Å². The lowest BCUT2D eigenvalue weighted by molar-refractivity contribution is 0.681. The molecule has 1 saturated heterocycles. The second-order valence-corrected chi connectivity index (χ2v) is 7.15. The molecule has 2 aliphatic rings. The summed E-state index contributed by atoms with van der Waals surface area (Å²) < 4.78 is 2.22. The maximum atomic E-state index is 4.57. The predicted octanol–water partition coefficient (Wildman–Crippen LogP) is 2.87.